The van der Waals surface area contributed by atoms with Gasteiger partial charge in [0.1, 0.15) is 11.3 Å². The molecule has 0 unspecified atom stereocenters. The van der Waals surface area contributed by atoms with Gasteiger partial charge in [-0.15, -0.1) is 0 Å². The molecule has 0 bridgehead atoms. The van der Waals surface area contributed by atoms with E-state index >= 15 is 0 Å². The number of barbiturate groups is 1. The number of hydrogen-bond donors (Lipinski definition) is 1. The van der Waals surface area contributed by atoms with Crippen LogP contribution in [0.15, 0.2) is 52.5 Å². The van der Waals surface area contributed by atoms with Crippen molar-refractivity contribution < 1.29 is 18.8 Å². The van der Waals surface area contributed by atoms with Gasteiger partial charge < -0.3 is 9.32 Å². The second-order valence-electron chi connectivity index (χ2n) is 6.16. The van der Waals surface area contributed by atoms with Crippen LogP contribution in [0.25, 0.3) is 6.08 Å². The zero-order chi connectivity index (χ0) is 18.1. The minimum absolute atomic E-state index is 0.143. The smallest absolute Gasteiger partial charge is 0.335 e. The lowest BCUT2D eigenvalue weighted by Crippen LogP contribution is -2.54. The molecule has 4 amide bonds. The highest BCUT2D eigenvalue weighted by atomic mass is 16.4. The molecule has 0 saturated carbocycles. The molecule has 132 valence electrons. The lowest BCUT2D eigenvalue weighted by molar-refractivity contribution is -0.122. The number of anilines is 2. The molecule has 2 saturated heterocycles. The van der Waals surface area contributed by atoms with E-state index in [0.29, 0.717) is 17.3 Å². The van der Waals surface area contributed by atoms with Crippen LogP contribution in [0, 0.1) is 0 Å². The first-order valence-corrected chi connectivity index (χ1v) is 8.45. The average molecular weight is 351 g/mol. The van der Waals surface area contributed by atoms with Crippen molar-refractivity contribution in [2.24, 2.45) is 0 Å². The van der Waals surface area contributed by atoms with Crippen LogP contribution < -0.4 is 15.1 Å². The lowest BCUT2D eigenvalue weighted by Gasteiger charge is -2.26. The van der Waals surface area contributed by atoms with Crippen LogP contribution in [0.1, 0.15) is 18.6 Å². The normalized spacial score (nSPS) is 19.4. The number of hydrogen-bond acceptors (Lipinski definition) is 5. The topological polar surface area (TPSA) is 82.9 Å². The summed E-state index contributed by atoms with van der Waals surface area (Å²) in [6, 6.07) is 11.2. The number of nitrogens with one attached hydrogen (secondary N) is 1. The van der Waals surface area contributed by atoms with Crippen LogP contribution in [-0.2, 0) is 9.59 Å². The molecule has 0 spiro atoms. The van der Waals surface area contributed by atoms with Crippen LogP contribution in [0.5, 0.6) is 0 Å². The number of carbonyl (C=O) groups is 3. The number of amides is 4. The number of urea groups is 1. The minimum atomic E-state index is -0.763. The molecule has 1 aromatic carbocycles. The summed E-state index contributed by atoms with van der Waals surface area (Å²) in [5.74, 6) is -0.294. The summed E-state index contributed by atoms with van der Waals surface area (Å²) in [6.07, 6.45) is 3.61. The fourth-order valence-electron chi connectivity index (χ4n) is 3.14. The van der Waals surface area contributed by atoms with Crippen molar-refractivity contribution in [3.63, 3.8) is 0 Å². The van der Waals surface area contributed by atoms with Crippen molar-refractivity contribution >= 4 is 35.5 Å². The molecule has 2 aliphatic rings. The van der Waals surface area contributed by atoms with E-state index in [4.69, 9.17) is 4.42 Å². The Labute approximate surface area is 149 Å². The van der Waals surface area contributed by atoms with Crippen molar-refractivity contribution in [3.8, 4) is 0 Å². The Morgan fingerprint density at radius 2 is 1.69 bits per heavy atom. The first-order chi connectivity index (χ1) is 12.6. The number of benzene rings is 1. The van der Waals surface area contributed by atoms with Crippen molar-refractivity contribution in [3.05, 3.63) is 53.8 Å². The summed E-state index contributed by atoms with van der Waals surface area (Å²) in [5, 5.41) is 2.20. The van der Waals surface area contributed by atoms with Gasteiger partial charge in [0.2, 0.25) is 0 Å². The molecule has 2 fully saturated rings. The highest BCUT2D eigenvalue weighted by molar-refractivity contribution is 6.39. The number of furan rings is 1. The number of imide groups is 2. The van der Waals surface area contributed by atoms with Crippen molar-refractivity contribution in [2.45, 2.75) is 12.8 Å². The third kappa shape index (κ3) is 2.88. The monoisotopic (exact) mass is 351 g/mol. The number of nitrogens with zero attached hydrogens (tertiary/aromatic N) is 2. The molecule has 2 aliphatic heterocycles. The standard InChI is InChI=1S/C19H17N3O4/c23-17-15(12-14-8-9-16(26-14)21-10-4-5-11-21)18(24)22(19(25)20-17)13-6-2-1-3-7-13/h1-3,6-9,12H,4-5,10-11H2,(H,20,23,25)/b15-12+. The molecule has 0 aliphatic carbocycles. The number of carbonyl (C=O) groups excluding carboxylic acids is 3. The molecule has 7 heteroatoms. The van der Waals surface area contributed by atoms with E-state index in [-0.39, 0.29) is 5.57 Å². The maximum absolute atomic E-state index is 12.7. The third-order valence-corrected chi connectivity index (χ3v) is 4.43. The van der Waals surface area contributed by atoms with Gasteiger partial charge >= 0.3 is 6.03 Å². The summed E-state index contributed by atoms with van der Waals surface area (Å²) < 4.78 is 5.75. The van der Waals surface area contributed by atoms with E-state index in [9.17, 15) is 14.4 Å². The van der Waals surface area contributed by atoms with Gasteiger partial charge in [0.05, 0.1) is 5.69 Å². The van der Waals surface area contributed by atoms with E-state index in [2.05, 4.69) is 10.2 Å². The molecule has 0 atom stereocenters. The maximum atomic E-state index is 12.7. The molecule has 2 aromatic rings. The van der Waals surface area contributed by atoms with Crippen molar-refractivity contribution in [1.82, 2.24) is 5.32 Å². The van der Waals surface area contributed by atoms with Crippen LogP contribution in [0.2, 0.25) is 0 Å². The quantitative estimate of drug-likeness (QED) is 0.679. The number of para-hydroxylation sites is 1. The van der Waals surface area contributed by atoms with Crippen molar-refractivity contribution in [2.75, 3.05) is 22.9 Å². The van der Waals surface area contributed by atoms with E-state index in [1.54, 1.807) is 36.4 Å². The summed E-state index contributed by atoms with van der Waals surface area (Å²) in [6.45, 7) is 1.86. The van der Waals surface area contributed by atoms with E-state index in [1.807, 2.05) is 6.07 Å². The second-order valence-corrected chi connectivity index (χ2v) is 6.16. The highest BCUT2D eigenvalue weighted by Crippen LogP contribution is 2.26. The predicted molar refractivity (Wildman–Crippen MR) is 95.6 cm³/mol. The molecule has 7 nitrogen and oxygen atoms in total. The zero-order valence-corrected chi connectivity index (χ0v) is 14.0. The van der Waals surface area contributed by atoms with E-state index in [1.165, 1.54) is 6.08 Å². The molecule has 4 rings (SSSR count). The summed E-state index contributed by atoms with van der Waals surface area (Å²) in [4.78, 5) is 40.1. The zero-order valence-electron chi connectivity index (χ0n) is 14.0. The minimum Gasteiger partial charge on any atom is -0.441 e. The first-order valence-electron chi connectivity index (χ1n) is 8.45. The van der Waals surface area contributed by atoms with Gasteiger partial charge in [0, 0.05) is 19.2 Å². The molecular formula is C19H17N3O4. The maximum Gasteiger partial charge on any atom is 0.335 e. The number of rotatable bonds is 3. The van der Waals surface area contributed by atoms with Crippen molar-refractivity contribution in [1.29, 1.82) is 0 Å². The lowest BCUT2D eigenvalue weighted by atomic mass is 10.1. The Bertz CT molecular complexity index is 895. The molecule has 3 heterocycles. The Morgan fingerprint density at radius 1 is 0.962 bits per heavy atom. The third-order valence-electron chi connectivity index (χ3n) is 4.43. The Kier molecular flexibility index (Phi) is 4.04. The Balaban J connectivity index is 1.64. The molecule has 26 heavy (non-hydrogen) atoms. The average Bonchev–Trinajstić information content (AvgIpc) is 3.31. The Hall–Kier alpha value is -3.35. The van der Waals surface area contributed by atoms with Gasteiger partial charge in [0.15, 0.2) is 5.88 Å². The molecule has 0 radical (unpaired) electrons. The molecule has 1 N–H and O–H groups in total. The summed E-state index contributed by atoms with van der Waals surface area (Å²) >= 11 is 0. The van der Waals surface area contributed by atoms with Gasteiger partial charge in [0.25, 0.3) is 11.8 Å². The van der Waals surface area contributed by atoms with Crippen LogP contribution in [0.4, 0.5) is 16.4 Å². The van der Waals surface area contributed by atoms with Gasteiger partial charge in [-0.1, -0.05) is 18.2 Å². The summed E-state index contributed by atoms with van der Waals surface area (Å²) in [5.41, 5.74) is 0.251. The largest absolute Gasteiger partial charge is 0.441 e. The van der Waals surface area contributed by atoms with Crippen LogP contribution in [0.3, 0.4) is 0 Å². The van der Waals surface area contributed by atoms with Gasteiger partial charge in [-0.2, -0.15) is 0 Å². The predicted octanol–water partition coefficient (Wildman–Crippen LogP) is 2.55. The van der Waals surface area contributed by atoms with E-state index in [0.717, 1.165) is 30.8 Å². The molecular weight excluding hydrogens is 334 g/mol. The highest BCUT2D eigenvalue weighted by Gasteiger charge is 2.37. The molecule has 1 aromatic heterocycles. The fraction of sp³-hybridized carbons (Fsp3) is 0.211. The van der Waals surface area contributed by atoms with E-state index < -0.39 is 17.8 Å². The van der Waals surface area contributed by atoms with Gasteiger partial charge in [-0.25, -0.2) is 9.69 Å². The second kappa shape index (κ2) is 6.51. The summed E-state index contributed by atoms with van der Waals surface area (Å²) in [7, 11) is 0. The van der Waals surface area contributed by atoms with Gasteiger partial charge in [-0.05, 0) is 37.1 Å². The van der Waals surface area contributed by atoms with Crippen LogP contribution in [-0.4, -0.2) is 30.9 Å². The first kappa shape index (κ1) is 16.1. The van der Waals surface area contributed by atoms with Gasteiger partial charge in [-0.3, -0.25) is 14.9 Å². The SMILES string of the molecule is O=C1NC(=O)N(c2ccccc2)C(=O)/C1=C/c1ccc(N2CCCC2)o1. The fourth-order valence-corrected chi connectivity index (χ4v) is 3.14. The van der Waals surface area contributed by atoms with Crippen LogP contribution >= 0.6 is 0 Å². The Morgan fingerprint density at radius 3 is 2.42 bits per heavy atom.